The van der Waals surface area contributed by atoms with Crippen LogP contribution in [0.3, 0.4) is 0 Å². The van der Waals surface area contributed by atoms with Gasteiger partial charge in [-0.1, -0.05) is 35.5 Å². The Bertz CT molecular complexity index is 2120. The van der Waals surface area contributed by atoms with Crippen molar-refractivity contribution in [1.29, 1.82) is 0 Å². The van der Waals surface area contributed by atoms with E-state index in [4.69, 9.17) is 0 Å². The largest absolute Gasteiger partial charge is 0.470 e. The van der Waals surface area contributed by atoms with Gasteiger partial charge in [0.05, 0.1) is 21.6 Å². The second-order valence-electron chi connectivity index (χ2n) is 9.08. The van der Waals surface area contributed by atoms with Gasteiger partial charge in [-0.3, -0.25) is 19.2 Å². The minimum atomic E-state index is -4.76. The minimum absolute atomic E-state index is 0. The van der Waals surface area contributed by atoms with Crippen LogP contribution in [-0.4, -0.2) is 46.8 Å². The molecule has 0 saturated carbocycles. The van der Waals surface area contributed by atoms with Crippen LogP contribution in [-0.2, 0) is 18.9 Å². The molecule has 6 rings (SSSR count). The smallest absolute Gasteiger partial charge is 0.413 e. The first-order valence-electron chi connectivity index (χ1n) is 13.1. The van der Waals surface area contributed by atoms with E-state index in [2.05, 4.69) is 50.1 Å². The fraction of sp³-hybridized carbons (Fsp3) is 0.172. The molecule has 264 valence electrons. The van der Waals surface area contributed by atoms with Gasteiger partial charge in [-0.2, -0.15) is 26.3 Å². The van der Waals surface area contributed by atoms with Crippen molar-refractivity contribution in [3.63, 3.8) is 0 Å². The van der Waals surface area contributed by atoms with Gasteiger partial charge >= 0.3 is 24.1 Å². The third kappa shape index (κ3) is 10.7. The molecule has 0 aliphatic carbocycles. The summed E-state index contributed by atoms with van der Waals surface area (Å²) in [6.45, 7) is -0.169. The highest BCUT2D eigenvalue weighted by Gasteiger charge is 2.39. The van der Waals surface area contributed by atoms with Gasteiger partial charge in [0, 0.05) is 35.7 Å². The molecule has 0 aliphatic heterocycles. The Hall–Kier alpha value is -5.02. The highest BCUT2D eigenvalue weighted by Crippen LogP contribution is 2.31. The number of aromatic amines is 1. The summed E-state index contributed by atoms with van der Waals surface area (Å²) in [7, 11) is 0. The van der Waals surface area contributed by atoms with Crippen molar-refractivity contribution in [3.05, 3.63) is 114 Å². The number of carbonyl (C=O) groups is 2. The summed E-state index contributed by atoms with van der Waals surface area (Å²) in [5, 5.41) is 16.3. The first-order valence-corrected chi connectivity index (χ1v) is 15.9. The van der Waals surface area contributed by atoms with E-state index in [1.54, 1.807) is 17.5 Å². The molecule has 0 atom stereocenters. The first-order chi connectivity index (χ1) is 23.2. The SMILES string of the molecule is C.O=C(CBr)c1cccs1.O=C(Cn1ccc(-c2nnc(C(F)(F)F)o2)cc1=O)c1cccs1.O=c1cc(-c2nnc(C(F)(F)F)o2)cc[nH]1. The number of nitrogens with zero attached hydrogens (tertiary/aromatic N) is 5. The number of nitrogens with one attached hydrogen (secondary N) is 1. The lowest BCUT2D eigenvalue weighted by Crippen LogP contribution is -2.22. The molecule has 6 heterocycles. The van der Waals surface area contributed by atoms with Crippen LogP contribution in [0.1, 0.15) is 38.6 Å². The lowest BCUT2D eigenvalue weighted by atomic mass is 10.2. The number of carbonyl (C=O) groups excluding carboxylic acids is 2. The van der Waals surface area contributed by atoms with Gasteiger partial charge < -0.3 is 18.4 Å². The quantitative estimate of drug-likeness (QED) is 0.0985. The van der Waals surface area contributed by atoms with Gasteiger partial charge in [0.25, 0.3) is 5.56 Å². The van der Waals surface area contributed by atoms with Gasteiger partial charge in [0.2, 0.25) is 17.3 Å². The molecule has 0 radical (unpaired) electrons. The van der Waals surface area contributed by atoms with Crippen molar-refractivity contribution in [1.82, 2.24) is 29.9 Å². The summed E-state index contributed by atoms with van der Waals surface area (Å²) in [5.74, 6) is -3.78. The predicted octanol–water partition coefficient (Wildman–Crippen LogP) is 7.27. The number of halogens is 7. The van der Waals surface area contributed by atoms with Gasteiger partial charge in [0.1, 0.15) is 0 Å². The number of thiophene rings is 2. The van der Waals surface area contributed by atoms with Crippen molar-refractivity contribution >= 4 is 50.2 Å². The number of hydrogen-bond donors (Lipinski definition) is 1. The molecule has 12 nitrogen and oxygen atoms in total. The maximum absolute atomic E-state index is 12.4. The van der Waals surface area contributed by atoms with Gasteiger partial charge in [-0.15, -0.1) is 43.1 Å². The van der Waals surface area contributed by atoms with E-state index in [1.807, 2.05) is 17.5 Å². The van der Waals surface area contributed by atoms with Crippen molar-refractivity contribution in [2.24, 2.45) is 0 Å². The zero-order valence-corrected chi connectivity index (χ0v) is 27.2. The van der Waals surface area contributed by atoms with E-state index >= 15 is 0 Å². The minimum Gasteiger partial charge on any atom is -0.413 e. The van der Waals surface area contributed by atoms with Crippen LogP contribution >= 0.6 is 38.6 Å². The number of pyridine rings is 2. The van der Waals surface area contributed by atoms with Crippen LogP contribution in [0.2, 0.25) is 0 Å². The summed E-state index contributed by atoms with van der Waals surface area (Å²) in [6.07, 6.45) is -6.88. The van der Waals surface area contributed by atoms with Crippen LogP contribution in [0.25, 0.3) is 22.9 Å². The normalized spacial score (nSPS) is 11.0. The van der Waals surface area contributed by atoms with Crippen molar-refractivity contribution in [2.75, 3.05) is 5.33 Å². The van der Waals surface area contributed by atoms with Crippen molar-refractivity contribution in [2.45, 2.75) is 26.3 Å². The topological polar surface area (TPSA) is 167 Å². The predicted molar refractivity (Wildman–Crippen MR) is 172 cm³/mol. The summed E-state index contributed by atoms with van der Waals surface area (Å²) < 4.78 is 83.8. The zero-order chi connectivity index (χ0) is 35.8. The third-order valence-electron chi connectivity index (χ3n) is 5.63. The van der Waals surface area contributed by atoms with E-state index in [9.17, 15) is 45.5 Å². The molecule has 0 spiro atoms. The van der Waals surface area contributed by atoms with Crippen LogP contribution in [0.4, 0.5) is 26.3 Å². The Balaban J connectivity index is 0.000000224. The molecule has 1 N–H and O–H groups in total. The van der Waals surface area contributed by atoms with E-state index in [0.29, 0.717) is 10.2 Å². The van der Waals surface area contributed by atoms with Gasteiger partial charge in [-0.05, 0) is 35.0 Å². The molecule has 21 heteroatoms. The number of H-pyrrole nitrogens is 1. The molecule has 0 aromatic carbocycles. The molecule has 0 saturated heterocycles. The van der Waals surface area contributed by atoms with Crippen LogP contribution in [0.15, 0.2) is 90.1 Å². The molecule has 6 aromatic heterocycles. The van der Waals surface area contributed by atoms with E-state index in [1.165, 1.54) is 47.2 Å². The molecule has 0 unspecified atom stereocenters. The lowest BCUT2D eigenvalue weighted by molar-refractivity contribution is -0.157. The van der Waals surface area contributed by atoms with E-state index < -0.39 is 41.1 Å². The van der Waals surface area contributed by atoms with Gasteiger partial charge in [0.15, 0.2) is 11.6 Å². The molecule has 0 fully saturated rings. The molecule has 0 bridgehead atoms. The Morgan fingerprint density at radius 1 is 0.780 bits per heavy atom. The number of Topliss-reactive ketones (excluding diaryl/α,β-unsaturated/α-hetero) is 2. The highest BCUT2D eigenvalue weighted by atomic mass is 79.9. The molecule has 50 heavy (non-hydrogen) atoms. The Morgan fingerprint density at radius 2 is 1.30 bits per heavy atom. The molecule has 0 aliphatic rings. The fourth-order valence-corrected chi connectivity index (χ4v) is 5.24. The number of rotatable bonds is 7. The third-order valence-corrected chi connectivity index (χ3v) is 7.96. The molecular formula is C29H21BrF6N6O6S2. The number of alkyl halides is 7. The monoisotopic (exact) mass is 806 g/mol. The van der Waals surface area contributed by atoms with Crippen LogP contribution < -0.4 is 11.1 Å². The maximum Gasteiger partial charge on any atom is 0.470 e. The average Bonchev–Trinajstić information content (AvgIpc) is 3.88. The lowest BCUT2D eigenvalue weighted by Gasteiger charge is -2.04. The summed E-state index contributed by atoms with van der Waals surface area (Å²) in [5.41, 5.74) is -0.858. The molecule has 6 aromatic rings. The second-order valence-corrected chi connectivity index (χ2v) is 11.5. The van der Waals surface area contributed by atoms with E-state index in [0.717, 1.165) is 21.6 Å². The first kappa shape index (κ1) is 39.4. The maximum atomic E-state index is 12.4. The Labute approximate surface area is 292 Å². The standard InChI is InChI=1S/C14H8F3N3O3S.C8H4F3N3O2.C6H5BrOS.CH4/c15-14(16,17)13-19-18-12(23-13)8-3-4-20(11(22)6-8)7-9(21)10-2-1-5-24-10;9-8(10,11)7-14-13-6(16-7)4-1-2-12-5(15)3-4;7-4-5(8)6-2-1-3-9-6;/h1-6H,7H2;1-3H,(H,12,15);1-3H,4H2;1H4. The molecule has 0 amide bonds. The average molecular weight is 808 g/mol. The second kappa shape index (κ2) is 17.1. The van der Waals surface area contributed by atoms with E-state index in [-0.39, 0.29) is 42.6 Å². The van der Waals surface area contributed by atoms with Crippen molar-refractivity contribution < 1.29 is 44.8 Å². The fourth-order valence-electron chi connectivity index (χ4n) is 3.43. The zero-order valence-electron chi connectivity index (χ0n) is 24.0. The number of hydrogen-bond acceptors (Lipinski definition) is 12. The molecular weight excluding hydrogens is 786 g/mol. The Morgan fingerprint density at radius 3 is 1.72 bits per heavy atom. The summed E-state index contributed by atoms with van der Waals surface area (Å²) >= 11 is 5.83. The van der Waals surface area contributed by atoms with Crippen molar-refractivity contribution in [3.8, 4) is 22.9 Å². The Kier molecular flexibility index (Phi) is 13.5. The van der Waals surface area contributed by atoms with Crippen LogP contribution in [0, 0.1) is 0 Å². The van der Waals surface area contributed by atoms with Gasteiger partial charge in [-0.25, -0.2) is 0 Å². The highest BCUT2D eigenvalue weighted by molar-refractivity contribution is 9.09. The number of ketones is 2. The number of aromatic nitrogens is 6. The summed E-state index contributed by atoms with van der Waals surface area (Å²) in [6, 6.07) is 11.9. The van der Waals surface area contributed by atoms with Crippen LogP contribution in [0.5, 0.6) is 0 Å². The summed E-state index contributed by atoms with van der Waals surface area (Å²) in [4.78, 5) is 49.4.